The SMILES string of the molecule is CCCCCCCCCc1ccc2c(S(=O)(=O)O)cc(CCCCCCCCC)cc2c1.CCCCCCCCCc1ccc2c(S(=O)(=O)O)cc(CCCCCCCCC)cc2c1. The van der Waals surface area contributed by atoms with Gasteiger partial charge in [0, 0.05) is 10.8 Å². The number of hydrogen-bond acceptors (Lipinski definition) is 4. The van der Waals surface area contributed by atoms with Crippen LogP contribution in [0.5, 0.6) is 0 Å². The maximum atomic E-state index is 12.0. The van der Waals surface area contributed by atoms with Crippen LogP contribution in [0.25, 0.3) is 21.5 Å². The van der Waals surface area contributed by atoms with Gasteiger partial charge in [-0.1, -0.05) is 230 Å². The molecule has 0 spiro atoms. The van der Waals surface area contributed by atoms with Crippen LogP contribution in [-0.2, 0) is 45.9 Å². The van der Waals surface area contributed by atoms with E-state index < -0.39 is 20.2 Å². The van der Waals surface area contributed by atoms with Gasteiger partial charge >= 0.3 is 0 Å². The molecule has 6 nitrogen and oxygen atoms in total. The van der Waals surface area contributed by atoms with Crippen LogP contribution in [0.3, 0.4) is 0 Å². The molecule has 0 unspecified atom stereocenters. The predicted octanol–water partition coefficient (Wildman–Crippen LogP) is 17.3. The van der Waals surface area contributed by atoms with Crippen LogP contribution in [0.1, 0.15) is 230 Å². The Morgan fingerprint density at radius 2 is 0.547 bits per heavy atom. The Morgan fingerprint density at radius 3 is 0.812 bits per heavy atom. The molecule has 8 heteroatoms. The van der Waals surface area contributed by atoms with Crippen molar-refractivity contribution in [1.29, 1.82) is 0 Å². The van der Waals surface area contributed by atoms with Crippen molar-refractivity contribution in [2.24, 2.45) is 0 Å². The second-order valence-electron chi connectivity index (χ2n) is 18.7. The van der Waals surface area contributed by atoms with E-state index in [9.17, 15) is 25.9 Å². The Morgan fingerprint density at radius 1 is 0.312 bits per heavy atom. The van der Waals surface area contributed by atoms with Gasteiger partial charge in [-0.15, -0.1) is 0 Å². The smallest absolute Gasteiger partial charge is 0.282 e. The van der Waals surface area contributed by atoms with E-state index in [1.807, 2.05) is 24.3 Å². The molecule has 0 fully saturated rings. The summed E-state index contributed by atoms with van der Waals surface area (Å²) in [5.74, 6) is 0. The molecule has 4 aromatic carbocycles. The summed E-state index contributed by atoms with van der Waals surface area (Å²) in [6, 6.07) is 19.6. The van der Waals surface area contributed by atoms with Crippen LogP contribution in [0.15, 0.2) is 70.5 Å². The van der Waals surface area contributed by atoms with Gasteiger partial charge in [0.2, 0.25) is 0 Å². The van der Waals surface area contributed by atoms with E-state index in [0.29, 0.717) is 10.8 Å². The minimum absolute atomic E-state index is 0.0513. The van der Waals surface area contributed by atoms with Crippen molar-refractivity contribution < 1.29 is 25.9 Å². The molecule has 0 aliphatic carbocycles. The normalized spacial score (nSPS) is 12.0. The zero-order chi connectivity index (χ0) is 46.5. The lowest BCUT2D eigenvalue weighted by molar-refractivity contribution is 0.481. The molecule has 0 saturated carbocycles. The highest BCUT2D eigenvalue weighted by Crippen LogP contribution is 2.30. The molecule has 0 bridgehead atoms. The third kappa shape index (κ3) is 22.1. The highest BCUT2D eigenvalue weighted by molar-refractivity contribution is 7.86. The Labute approximate surface area is 391 Å². The largest absolute Gasteiger partial charge is 0.295 e. The van der Waals surface area contributed by atoms with Gasteiger partial charge in [0.15, 0.2) is 0 Å². The predicted molar refractivity (Wildman–Crippen MR) is 274 cm³/mol. The number of hydrogen-bond donors (Lipinski definition) is 2. The topological polar surface area (TPSA) is 109 Å². The van der Waals surface area contributed by atoms with Crippen molar-refractivity contribution in [3.63, 3.8) is 0 Å². The first-order chi connectivity index (χ1) is 30.9. The third-order valence-corrected chi connectivity index (χ3v) is 14.7. The van der Waals surface area contributed by atoms with Crippen molar-refractivity contribution >= 4 is 41.8 Å². The fourth-order valence-corrected chi connectivity index (χ4v) is 10.6. The molecule has 2 N–H and O–H groups in total. The van der Waals surface area contributed by atoms with Crippen LogP contribution in [0.2, 0.25) is 0 Å². The van der Waals surface area contributed by atoms with Gasteiger partial charge in [-0.05, 0) is 96.5 Å². The zero-order valence-electron chi connectivity index (χ0n) is 40.7. The summed E-state index contributed by atoms with van der Waals surface area (Å²) in [6.07, 6.45) is 39.0. The average molecular weight is 921 g/mol. The lowest BCUT2D eigenvalue weighted by Gasteiger charge is -2.11. The molecule has 0 atom stereocenters. The lowest BCUT2D eigenvalue weighted by atomic mass is 9.98. The Kier molecular flexibility index (Phi) is 27.8. The second-order valence-corrected chi connectivity index (χ2v) is 21.5. The van der Waals surface area contributed by atoms with Gasteiger partial charge in [0.05, 0.1) is 0 Å². The van der Waals surface area contributed by atoms with E-state index in [4.69, 9.17) is 0 Å². The van der Waals surface area contributed by atoms with Crippen molar-refractivity contribution in [3.05, 3.63) is 82.9 Å². The molecule has 0 amide bonds. The van der Waals surface area contributed by atoms with Gasteiger partial charge in [0.1, 0.15) is 9.79 Å². The highest BCUT2D eigenvalue weighted by Gasteiger charge is 2.17. The number of unbranched alkanes of at least 4 members (excludes halogenated alkanes) is 24. The summed E-state index contributed by atoms with van der Waals surface area (Å²) in [4.78, 5) is 0.103. The number of aryl methyl sites for hydroxylation is 4. The van der Waals surface area contributed by atoms with E-state index in [1.165, 1.54) is 178 Å². The number of benzene rings is 4. The standard InChI is InChI=1S/2C28H44O3S/c2*1-3-5-7-9-11-13-15-17-24-19-20-27-26(21-24)22-25(23-28(27)32(29,30)31)18-16-14-12-10-8-6-4-2/h2*19-23H,3-18H2,1-2H3,(H,29,30,31). The Balaban J connectivity index is 0.000000340. The first kappa shape index (κ1) is 55.5. The summed E-state index contributed by atoms with van der Waals surface area (Å²) < 4.78 is 67.8. The Hall–Kier alpha value is -2.78. The van der Waals surface area contributed by atoms with Crippen molar-refractivity contribution in [1.82, 2.24) is 0 Å². The van der Waals surface area contributed by atoms with E-state index in [2.05, 4.69) is 52.0 Å². The molecule has 360 valence electrons. The van der Waals surface area contributed by atoms with Crippen LogP contribution in [0.4, 0.5) is 0 Å². The molecule has 0 aliphatic rings. The van der Waals surface area contributed by atoms with Crippen LogP contribution in [-0.4, -0.2) is 25.9 Å². The van der Waals surface area contributed by atoms with Gasteiger partial charge < -0.3 is 0 Å². The molecular weight excluding hydrogens is 833 g/mol. The van der Waals surface area contributed by atoms with Crippen LogP contribution < -0.4 is 0 Å². The van der Waals surface area contributed by atoms with E-state index >= 15 is 0 Å². The summed E-state index contributed by atoms with van der Waals surface area (Å²) in [5, 5.41) is 3.11. The van der Waals surface area contributed by atoms with Crippen LogP contribution >= 0.6 is 0 Å². The fourth-order valence-electron chi connectivity index (χ4n) is 9.06. The van der Waals surface area contributed by atoms with E-state index in [-0.39, 0.29) is 9.79 Å². The van der Waals surface area contributed by atoms with E-state index in [0.717, 1.165) is 60.4 Å². The van der Waals surface area contributed by atoms with Crippen molar-refractivity contribution in [3.8, 4) is 0 Å². The van der Waals surface area contributed by atoms with E-state index in [1.54, 1.807) is 12.1 Å². The van der Waals surface area contributed by atoms with Gasteiger partial charge in [-0.25, -0.2) is 0 Å². The van der Waals surface area contributed by atoms with Crippen LogP contribution in [0, 0.1) is 0 Å². The second kappa shape index (κ2) is 32.0. The quantitative estimate of drug-likeness (QED) is 0.0357. The first-order valence-corrected chi connectivity index (χ1v) is 28.8. The Bertz CT molecular complexity index is 1950. The zero-order valence-corrected chi connectivity index (χ0v) is 42.4. The van der Waals surface area contributed by atoms with Crippen molar-refractivity contribution in [2.45, 2.75) is 243 Å². The van der Waals surface area contributed by atoms with Crippen molar-refractivity contribution in [2.75, 3.05) is 0 Å². The molecule has 0 aliphatic heterocycles. The maximum Gasteiger partial charge on any atom is 0.295 e. The minimum atomic E-state index is -4.24. The molecule has 4 rings (SSSR count). The maximum absolute atomic E-state index is 12.0. The number of rotatable bonds is 34. The molecule has 0 aromatic heterocycles. The summed E-state index contributed by atoms with van der Waals surface area (Å²) in [7, 11) is -8.48. The summed E-state index contributed by atoms with van der Waals surface area (Å²) in [5.41, 5.74) is 4.51. The molecular formula is C56H88O6S2. The molecule has 4 aromatic rings. The van der Waals surface area contributed by atoms with Gasteiger partial charge in [-0.3, -0.25) is 9.11 Å². The van der Waals surface area contributed by atoms with Gasteiger partial charge in [-0.2, -0.15) is 16.8 Å². The lowest BCUT2D eigenvalue weighted by Crippen LogP contribution is -2.01. The minimum Gasteiger partial charge on any atom is -0.282 e. The number of fused-ring (bicyclic) bond motifs is 2. The van der Waals surface area contributed by atoms with Gasteiger partial charge in [0.25, 0.3) is 20.2 Å². The average Bonchev–Trinajstić information content (AvgIpc) is 3.26. The molecule has 64 heavy (non-hydrogen) atoms. The molecule has 0 radical (unpaired) electrons. The fraction of sp³-hybridized carbons (Fsp3) is 0.643. The molecule has 0 saturated heterocycles. The molecule has 0 heterocycles. The summed E-state index contributed by atoms with van der Waals surface area (Å²) >= 11 is 0. The first-order valence-electron chi connectivity index (χ1n) is 26.0. The monoisotopic (exact) mass is 921 g/mol. The highest BCUT2D eigenvalue weighted by atomic mass is 32.2. The summed E-state index contributed by atoms with van der Waals surface area (Å²) in [6.45, 7) is 8.94. The third-order valence-electron chi connectivity index (χ3n) is 12.9.